The number of nitriles is 1. The van der Waals surface area contributed by atoms with Crippen molar-refractivity contribution in [2.75, 3.05) is 0 Å². The Hall–Kier alpha value is -2.94. The Morgan fingerprint density at radius 2 is 2.25 bits per heavy atom. The minimum Gasteiger partial charge on any atom is -0.345 e. The largest absolute Gasteiger partial charge is 0.345 e. The summed E-state index contributed by atoms with van der Waals surface area (Å²) in [6.45, 7) is 1.94. The highest BCUT2D eigenvalue weighted by Crippen LogP contribution is 2.24. The summed E-state index contributed by atoms with van der Waals surface area (Å²) in [6.07, 6.45) is 5.16. The second-order valence-corrected chi connectivity index (χ2v) is 4.45. The SMILES string of the molecule is Cc1cnccc1-c1noc(-c2cc(C#N)cn2C)n1. The topological polar surface area (TPSA) is 80.5 Å². The Kier molecular flexibility index (Phi) is 2.80. The van der Waals surface area contributed by atoms with Crippen molar-refractivity contribution < 1.29 is 4.52 Å². The van der Waals surface area contributed by atoms with E-state index in [4.69, 9.17) is 9.78 Å². The quantitative estimate of drug-likeness (QED) is 0.710. The van der Waals surface area contributed by atoms with Crippen LogP contribution in [0.4, 0.5) is 0 Å². The molecular formula is C14H11N5O. The van der Waals surface area contributed by atoms with Gasteiger partial charge < -0.3 is 9.09 Å². The summed E-state index contributed by atoms with van der Waals surface area (Å²) in [5.74, 6) is 0.903. The van der Waals surface area contributed by atoms with Crippen LogP contribution < -0.4 is 0 Å². The zero-order valence-electron chi connectivity index (χ0n) is 11.0. The minimum absolute atomic E-state index is 0.389. The van der Waals surface area contributed by atoms with Gasteiger partial charge in [0.05, 0.1) is 5.56 Å². The van der Waals surface area contributed by atoms with Crippen LogP contribution in [-0.2, 0) is 7.05 Å². The van der Waals surface area contributed by atoms with Crippen molar-refractivity contribution in [2.45, 2.75) is 6.92 Å². The molecule has 0 saturated heterocycles. The van der Waals surface area contributed by atoms with Gasteiger partial charge >= 0.3 is 0 Å². The van der Waals surface area contributed by atoms with Crippen molar-refractivity contribution in [1.29, 1.82) is 5.26 Å². The maximum absolute atomic E-state index is 8.90. The van der Waals surface area contributed by atoms with E-state index in [9.17, 15) is 0 Å². The average molecular weight is 265 g/mol. The molecule has 0 aromatic carbocycles. The molecule has 3 rings (SSSR count). The zero-order valence-corrected chi connectivity index (χ0v) is 11.0. The van der Waals surface area contributed by atoms with Crippen LogP contribution in [0.5, 0.6) is 0 Å². The zero-order chi connectivity index (χ0) is 14.1. The van der Waals surface area contributed by atoms with Crippen LogP contribution in [-0.4, -0.2) is 19.7 Å². The van der Waals surface area contributed by atoms with Crippen molar-refractivity contribution in [3.8, 4) is 29.0 Å². The molecule has 0 amide bonds. The molecule has 0 bridgehead atoms. The first-order chi connectivity index (χ1) is 9.69. The summed E-state index contributed by atoms with van der Waals surface area (Å²) in [4.78, 5) is 8.42. The Bertz CT molecular complexity index is 809. The van der Waals surface area contributed by atoms with Gasteiger partial charge in [-0.2, -0.15) is 10.2 Å². The van der Waals surface area contributed by atoms with Gasteiger partial charge in [-0.3, -0.25) is 4.98 Å². The first kappa shape index (κ1) is 12.1. The van der Waals surface area contributed by atoms with E-state index in [0.717, 1.165) is 11.1 Å². The number of hydrogen-bond acceptors (Lipinski definition) is 5. The minimum atomic E-state index is 0.389. The van der Waals surface area contributed by atoms with Crippen LogP contribution in [0.15, 0.2) is 35.2 Å². The summed E-state index contributed by atoms with van der Waals surface area (Å²) in [5, 5.41) is 12.9. The smallest absolute Gasteiger partial charge is 0.274 e. The van der Waals surface area contributed by atoms with Gasteiger partial charge in [-0.25, -0.2) is 0 Å². The molecule has 0 fully saturated rings. The van der Waals surface area contributed by atoms with Crippen LogP contribution in [0, 0.1) is 18.3 Å². The van der Waals surface area contributed by atoms with Gasteiger partial charge in [-0.1, -0.05) is 5.16 Å². The highest BCUT2D eigenvalue weighted by atomic mass is 16.5. The number of pyridine rings is 1. The van der Waals surface area contributed by atoms with Crippen molar-refractivity contribution in [3.05, 3.63) is 41.9 Å². The molecule has 0 unspecified atom stereocenters. The number of aryl methyl sites for hydroxylation is 2. The third-order valence-electron chi connectivity index (χ3n) is 3.04. The van der Waals surface area contributed by atoms with Crippen LogP contribution >= 0.6 is 0 Å². The maximum Gasteiger partial charge on any atom is 0.274 e. The molecule has 0 saturated carbocycles. The van der Waals surface area contributed by atoms with Crippen molar-refractivity contribution in [2.24, 2.45) is 7.05 Å². The van der Waals surface area contributed by atoms with Crippen LogP contribution in [0.1, 0.15) is 11.1 Å². The lowest BCUT2D eigenvalue weighted by Crippen LogP contribution is -1.90. The lowest BCUT2D eigenvalue weighted by atomic mass is 10.1. The van der Waals surface area contributed by atoms with Gasteiger partial charge in [0.2, 0.25) is 5.82 Å². The third kappa shape index (κ3) is 1.95. The lowest BCUT2D eigenvalue weighted by Gasteiger charge is -1.97. The van der Waals surface area contributed by atoms with Crippen LogP contribution in [0.2, 0.25) is 0 Å². The van der Waals surface area contributed by atoms with Gasteiger partial charge in [0.15, 0.2) is 0 Å². The molecule has 0 atom stereocenters. The molecule has 0 radical (unpaired) electrons. The maximum atomic E-state index is 8.90. The Morgan fingerprint density at radius 3 is 2.95 bits per heavy atom. The van der Waals surface area contributed by atoms with E-state index in [1.54, 1.807) is 29.2 Å². The summed E-state index contributed by atoms with van der Waals surface area (Å²) < 4.78 is 7.07. The molecule has 3 heterocycles. The van der Waals surface area contributed by atoms with E-state index in [-0.39, 0.29) is 0 Å². The Balaban J connectivity index is 2.05. The number of rotatable bonds is 2. The molecule has 6 nitrogen and oxygen atoms in total. The second kappa shape index (κ2) is 4.63. The Morgan fingerprint density at radius 1 is 1.40 bits per heavy atom. The molecule has 0 aliphatic rings. The highest BCUT2D eigenvalue weighted by Gasteiger charge is 2.15. The molecule has 20 heavy (non-hydrogen) atoms. The van der Waals surface area contributed by atoms with Crippen LogP contribution in [0.25, 0.3) is 23.0 Å². The highest BCUT2D eigenvalue weighted by molar-refractivity contribution is 5.61. The van der Waals surface area contributed by atoms with Gasteiger partial charge in [0, 0.05) is 31.2 Å². The molecule has 0 N–H and O–H groups in total. The first-order valence-corrected chi connectivity index (χ1v) is 6.00. The Labute approximate surface area is 115 Å². The summed E-state index contributed by atoms with van der Waals surface area (Å²) in [7, 11) is 1.83. The lowest BCUT2D eigenvalue weighted by molar-refractivity contribution is 0.429. The number of hydrogen-bond donors (Lipinski definition) is 0. The number of aromatic nitrogens is 4. The standard InChI is InChI=1S/C14H11N5O/c1-9-7-16-4-3-11(9)13-17-14(20-18-13)12-5-10(6-15)8-19(12)2/h3-5,7-8H,1-2H3. The molecule has 3 aromatic rings. The fourth-order valence-electron chi connectivity index (χ4n) is 2.00. The number of nitrogens with zero attached hydrogens (tertiary/aromatic N) is 5. The first-order valence-electron chi connectivity index (χ1n) is 6.00. The predicted octanol–water partition coefficient (Wildman–Crippen LogP) is 2.32. The second-order valence-electron chi connectivity index (χ2n) is 4.45. The molecule has 6 heteroatoms. The van der Waals surface area contributed by atoms with Crippen molar-refractivity contribution >= 4 is 0 Å². The van der Waals surface area contributed by atoms with E-state index in [1.807, 2.05) is 20.0 Å². The third-order valence-corrected chi connectivity index (χ3v) is 3.04. The van der Waals surface area contributed by atoms with E-state index in [2.05, 4.69) is 21.2 Å². The summed E-state index contributed by atoms with van der Waals surface area (Å²) in [5.41, 5.74) is 3.13. The van der Waals surface area contributed by atoms with E-state index in [1.165, 1.54) is 0 Å². The monoisotopic (exact) mass is 265 g/mol. The van der Waals surface area contributed by atoms with Gasteiger partial charge in [0.1, 0.15) is 11.8 Å². The molecule has 98 valence electrons. The van der Waals surface area contributed by atoms with Crippen molar-refractivity contribution in [1.82, 2.24) is 19.7 Å². The summed E-state index contributed by atoms with van der Waals surface area (Å²) in [6, 6.07) is 5.65. The predicted molar refractivity (Wildman–Crippen MR) is 71.4 cm³/mol. The molecule has 3 aromatic heterocycles. The fraction of sp³-hybridized carbons (Fsp3) is 0.143. The molecule has 0 aliphatic carbocycles. The molecular weight excluding hydrogens is 254 g/mol. The average Bonchev–Trinajstić information content (AvgIpc) is 3.05. The van der Waals surface area contributed by atoms with Crippen molar-refractivity contribution in [3.63, 3.8) is 0 Å². The van der Waals surface area contributed by atoms with Gasteiger partial charge in [-0.15, -0.1) is 0 Å². The van der Waals surface area contributed by atoms with Crippen LogP contribution in [0.3, 0.4) is 0 Å². The molecule has 0 aliphatic heterocycles. The molecule has 0 spiro atoms. The van der Waals surface area contributed by atoms with E-state index < -0.39 is 0 Å². The van der Waals surface area contributed by atoms with E-state index >= 15 is 0 Å². The fourth-order valence-corrected chi connectivity index (χ4v) is 2.00. The van der Waals surface area contributed by atoms with Gasteiger partial charge in [-0.05, 0) is 24.6 Å². The van der Waals surface area contributed by atoms with E-state index in [0.29, 0.717) is 23.0 Å². The van der Waals surface area contributed by atoms with Gasteiger partial charge in [0.25, 0.3) is 5.89 Å². The summed E-state index contributed by atoms with van der Waals surface area (Å²) >= 11 is 0. The normalized spacial score (nSPS) is 10.4.